The summed E-state index contributed by atoms with van der Waals surface area (Å²) in [5.74, 6) is -0.522. The summed E-state index contributed by atoms with van der Waals surface area (Å²) in [5.41, 5.74) is 0. The Bertz CT molecular complexity index is 257. The first-order chi connectivity index (χ1) is 7.54. The molecule has 1 aliphatic rings. The first-order valence-corrected chi connectivity index (χ1v) is 6.02. The van der Waals surface area contributed by atoms with Crippen molar-refractivity contribution < 1.29 is 14.7 Å². The minimum atomic E-state index is -1.04. The predicted octanol–water partition coefficient (Wildman–Crippen LogP) is 1.89. The van der Waals surface area contributed by atoms with Gasteiger partial charge in [-0.1, -0.05) is 13.3 Å². The molecule has 0 aromatic heterocycles. The highest BCUT2D eigenvalue weighted by atomic mass is 16.4. The molecule has 0 aromatic carbocycles. The van der Waals surface area contributed by atoms with Crippen LogP contribution in [0.5, 0.6) is 0 Å². The number of carboxylic acids is 1. The largest absolute Gasteiger partial charge is 0.481 e. The number of nitrogens with zero attached hydrogens (tertiary/aromatic N) is 1. The summed E-state index contributed by atoms with van der Waals surface area (Å²) in [7, 11) is 1.72. The number of carbonyl (C=O) groups excluding carboxylic acids is 1. The molecule has 92 valence electrons. The van der Waals surface area contributed by atoms with E-state index in [0.717, 1.165) is 31.6 Å². The molecule has 0 spiro atoms. The molecule has 1 aliphatic carbocycles. The Kier molecular flexibility index (Phi) is 4.77. The Balaban J connectivity index is 2.40. The van der Waals surface area contributed by atoms with Crippen LogP contribution in [0.1, 0.15) is 45.4 Å². The molecule has 0 aromatic rings. The van der Waals surface area contributed by atoms with E-state index in [2.05, 4.69) is 6.92 Å². The minimum Gasteiger partial charge on any atom is -0.481 e. The molecule has 0 bridgehead atoms. The second-order valence-electron chi connectivity index (χ2n) is 4.66. The van der Waals surface area contributed by atoms with Gasteiger partial charge in [-0.2, -0.15) is 0 Å². The molecule has 1 N–H and O–H groups in total. The highest BCUT2D eigenvalue weighted by Crippen LogP contribution is 2.29. The zero-order valence-electron chi connectivity index (χ0n) is 10.1. The van der Waals surface area contributed by atoms with E-state index in [1.54, 1.807) is 11.9 Å². The van der Waals surface area contributed by atoms with Gasteiger partial charge in [-0.25, -0.2) is 0 Å². The number of rotatable bonds is 4. The fraction of sp³-hybridized carbons (Fsp3) is 0.833. The van der Waals surface area contributed by atoms with Crippen molar-refractivity contribution in [1.29, 1.82) is 0 Å². The molecule has 1 rings (SSSR count). The van der Waals surface area contributed by atoms with Crippen molar-refractivity contribution >= 4 is 11.9 Å². The lowest BCUT2D eigenvalue weighted by atomic mass is 9.84. The topological polar surface area (TPSA) is 57.6 Å². The van der Waals surface area contributed by atoms with E-state index < -0.39 is 5.97 Å². The van der Waals surface area contributed by atoms with Gasteiger partial charge in [0.1, 0.15) is 6.42 Å². The maximum Gasteiger partial charge on any atom is 0.312 e. The molecule has 0 radical (unpaired) electrons. The molecule has 4 heteroatoms. The summed E-state index contributed by atoms with van der Waals surface area (Å²) in [6, 6.07) is 0.245. The molecule has 16 heavy (non-hydrogen) atoms. The van der Waals surface area contributed by atoms with E-state index in [1.165, 1.54) is 6.42 Å². The third-order valence-electron chi connectivity index (χ3n) is 3.64. The van der Waals surface area contributed by atoms with Gasteiger partial charge in [0.15, 0.2) is 0 Å². The van der Waals surface area contributed by atoms with Crippen LogP contribution in [0, 0.1) is 5.92 Å². The van der Waals surface area contributed by atoms with Crippen LogP contribution < -0.4 is 0 Å². The predicted molar refractivity (Wildman–Crippen MR) is 61.1 cm³/mol. The SMILES string of the molecule is CCC1CCC(N(C)C(=O)CC(=O)O)CC1. The van der Waals surface area contributed by atoms with Crippen molar-refractivity contribution in [3.05, 3.63) is 0 Å². The standard InChI is InChI=1S/C12H21NO3/c1-3-9-4-6-10(7-5-9)13(2)11(14)8-12(15)16/h9-10H,3-8H2,1-2H3,(H,15,16). The van der Waals surface area contributed by atoms with E-state index in [-0.39, 0.29) is 18.4 Å². The maximum atomic E-state index is 11.5. The number of aliphatic carboxylic acids is 1. The van der Waals surface area contributed by atoms with E-state index in [0.29, 0.717) is 0 Å². The lowest BCUT2D eigenvalue weighted by Gasteiger charge is -2.34. The van der Waals surface area contributed by atoms with Gasteiger partial charge in [-0.15, -0.1) is 0 Å². The van der Waals surface area contributed by atoms with Crippen LogP contribution in [0.25, 0.3) is 0 Å². The molecule has 0 aliphatic heterocycles. The average Bonchev–Trinajstić information content (AvgIpc) is 2.27. The van der Waals surface area contributed by atoms with Crippen molar-refractivity contribution in [3.8, 4) is 0 Å². The van der Waals surface area contributed by atoms with E-state index >= 15 is 0 Å². The molecule has 0 atom stereocenters. The lowest BCUT2D eigenvalue weighted by Crippen LogP contribution is -2.40. The summed E-state index contributed by atoms with van der Waals surface area (Å²) < 4.78 is 0. The number of amides is 1. The number of hydrogen-bond acceptors (Lipinski definition) is 2. The van der Waals surface area contributed by atoms with Gasteiger partial charge in [0.25, 0.3) is 0 Å². The summed E-state index contributed by atoms with van der Waals surface area (Å²) in [6.45, 7) is 2.20. The quantitative estimate of drug-likeness (QED) is 0.746. The van der Waals surface area contributed by atoms with E-state index in [1.807, 2.05) is 0 Å². The lowest BCUT2D eigenvalue weighted by molar-refractivity contribution is -0.144. The van der Waals surface area contributed by atoms with Crippen LogP contribution in [0.4, 0.5) is 0 Å². The zero-order valence-corrected chi connectivity index (χ0v) is 10.1. The van der Waals surface area contributed by atoms with Crippen LogP contribution in [-0.2, 0) is 9.59 Å². The normalized spacial score (nSPS) is 25.1. The molecule has 1 saturated carbocycles. The van der Waals surface area contributed by atoms with Crippen molar-refractivity contribution in [2.45, 2.75) is 51.5 Å². The molecular weight excluding hydrogens is 206 g/mol. The second kappa shape index (κ2) is 5.87. The third-order valence-corrected chi connectivity index (χ3v) is 3.64. The summed E-state index contributed by atoms with van der Waals surface area (Å²) >= 11 is 0. The van der Waals surface area contributed by atoms with Gasteiger partial charge < -0.3 is 10.0 Å². The molecule has 0 saturated heterocycles. The van der Waals surface area contributed by atoms with Crippen molar-refractivity contribution in [2.24, 2.45) is 5.92 Å². The Hall–Kier alpha value is -1.06. The third kappa shape index (κ3) is 3.51. The van der Waals surface area contributed by atoms with Gasteiger partial charge in [0.05, 0.1) is 0 Å². The molecule has 1 fully saturated rings. The van der Waals surface area contributed by atoms with Crippen LogP contribution in [-0.4, -0.2) is 35.0 Å². The van der Waals surface area contributed by atoms with E-state index in [9.17, 15) is 9.59 Å². The van der Waals surface area contributed by atoms with Crippen LogP contribution in [0.2, 0.25) is 0 Å². The summed E-state index contributed by atoms with van der Waals surface area (Å²) in [4.78, 5) is 23.6. The first-order valence-electron chi connectivity index (χ1n) is 6.02. The number of hydrogen-bond donors (Lipinski definition) is 1. The Labute approximate surface area is 96.6 Å². The summed E-state index contributed by atoms with van der Waals surface area (Å²) in [5, 5.41) is 8.56. The van der Waals surface area contributed by atoms with Crippen LogP contribution in [0.3, 0.4) is 0 Å². The van der Waals surface area contributed by atoms with E-state index in [4.69, 9.17) is 5.11 Å². The monoisotopic (exact) mass is 227 g/mol. The molecule has 0 unspecified atom stereocenters. The highest BCUT2D eigenvalue weighted by Gasteiger charge is 2.26. The van der Waals surface area contributed by atoms with Gasteiger partial charge in [0, 0.05) is 13.1 Å². The van der Waals surface area contributed by atoms with Gasteiger partial charge >= 0.3 is 5.97 Å². The molecular formula is C12H21NO3. The van der Waals surface area contributed by atoms with Gasteiger partial charge in [-0.3, -0.25) is 9.59 Å². The van der Waals surface area contributed by atoms with Crippen molar-refractivity contribution in [3.63, 3.8) is 0 Å². The highest BCUT2D eigenvalue weighted by molar-refractivity contribution is 5.93. The second-order valence-corrected chi connectivity index (χ2v) is 4.66. The van der Waals surface area contributed by atoms with Crippen molar-refractivity contribution in [1.82, 2.24) is 4.90 Å². The number of carboxylic acid groups (broad SMARTS) is 1. The average molecular weight is 227 g/mol. The molecule has 4 nitrogen and oxygen atoms in total. The van der Waals surface area contributed by atoms with Gasteiger partial charge in [0.2, 0.25) is 5.91 Å². The van der Waals surface area contributed by atoms with Crippen LogP contribution >= 0.6 is 0 Å². The first kappa shape index (κ1) is 13.0. The Morgan fingerprint density at radius 1 is 1.25 bits per heavy atom. The van der Waals surface area contributed by atoms with Crippen molar-refractivity contribution in [2.75, 3.05) is 7.05 Å². The van der Waals surface area contributed by atoms with Crippen LogP contribution in [0.15, 0.2) is 0 Å². The Morgan fingerprint density at radius 2 is 1.81 bits per heavy atom. The molecule has 1 amide bonds. The Morgan fingerprint density at radius 3 is 2.25 bits per heavy atom. The molecule has 0 heterocycles. The zero-order chi connectivity index (χ0) is 12.1. The smallest absolute Gasteiger partial charge is 0.312 e. The minimum absolute atomic E-state index is 0.245. The van der Waals surface area contributed by atoms with Gasteiger partial charge in [-0.05, 0) is 31.6 Å². The fourth-order valence-corrected chi connectivity index (χ4v) is 2.40. The summed E-state index contributed by atoms with van der Waals surface area (Å²) in [6.07, 6.45) is 5.17. The number of carbonyl (C=O) groups is 2. The maximum absolute atomic E-state index is 11.5. The fourth-order valence-electron chi connectivity index (χ4n) is 2.40.